The summed E-state index contributed by atoms with van der Waals surface area (Å²) in [7, 11) is 1.31. The quantitative estimate of drug-likeness (QED) is 0.452. The fourth-order valence-corrected chi connectivity index (χ4v) is 2.77. The molecule has 31 heavy (non-hydrogen) atoms. The predicted octanol–water partition coefficient (Wildman–Crippen LogP) is 3.88. The second-order valence-electron chi connectivity index (χ2n) is 8.03. The molecule has 0 radical (unpaired) electrons. The second-order valence-corrected chi connectivity index (χ2v) is 8.03. The van der Waals surface area contributed by atoms with Crippen LogP contribution in [0.5, 0.6) is 11.5 Å². The minimum atomic E-state index is -0.733. The van der Waals surface area contributed by atoms with Gasteiger partial charge in [0.1, 0.15) is 35.3 Å². The van der Waals surface area contributed by atoms with Crippen LogP contribution in [0.15, 0.2) is 48.5 Å². The van der Waals surface area contributed by atoms with Crippen LogP contribution in [0.2, 0.25) is 0 Å². The Morgan fingerprint density at radius 3 is 2.23 bits per heavy atom. The first-order chi connectivity index (χ1) is 14.7. The monoisotopic (exact) mass is 429 g/mol. The van der Waals surface area contributed by atoms with Gasteiger partial charge >= 0.3 is 11.9 Å². The zero-order valence-corrected chi connectivity index (χ0v) is 18.6. The first kappa shape index (κ1) is 24.2. The molecule has 2 aromatic rings. The number of hydrogen-bond acceptors (Lipinski definition) is 7. The summed E-state index contributed by atoms with van der Waals surface area (Å²) in [5.74, 6) is -0.273. The summed E-state index contributed by atoms with van der Waals surface area (Å²) in [4.78, 5) is 24.3. The van der Waals surface area contributed by atoms with Crippen LogP contribution in [0.3, 0.4) is 0 Å². The lowest BCUT2D eigenvalue weighted by molar-refractivity contribution is -0.156. The molecule has 0 aliphatic carbocycles. The third kappa shape index (κ3) is 7.94. The summed E-state index contributed by atoms with van der Waals surface area (Å²) >= 11 is 0. The van der Waals surface area contributed by atoms with Crippen molar-refractivity contribution in [3.05, 3.63) is 59.7 Å². The Hall–Kier alpha value is -3.06. The summed E-state index contributed by atoms with van der Waals surface area (Å²) in [5.41, 5.74) is 6.51. The van der Waals surface area contributed by atoms with Gasteiger partial charge in [-0.3, -0.25) is 4.79 Å². The largest absolute Gasteiger partial charge is 0.493 e. The maximum atomic E-state index is 12.4. The van der Waals surface area contributed by atoms with Gasteiger partial charge in [-0.2, -0.15) is 0 Å². The summed E-state index contributed by atoms with van der Waals surface area (Å²) in [6.07, 6.45) is 0.906. The average molecular weight is 430 g/mol. The Balaban J connectivity index is 1.98. The van der Waals surface area contributed by atoms with E-state index in [1.54, 1.807) is 39.0 Å². The number of benzene rings is 2. The van der Waals surface area contributed by atoms with Crippen LogP contribution in [0.25, 0.3) is 0 Å². The van der Waals surface area contributed by atoms with Gasteiger partial charge in [0, 0.05) is 0 Å². The van der Waals surface area contributed by atoms with E-state index in [0.717, 1.165) is 5.56 Å². The summed E-state index contributed by atoms with van der Waals surface area (Å²) in [6.45, 7) is 5.95. The number of esters is 2. The zero-order valence-electron chi connectivity index (χ0n) is 18.6. The maximum Gasteiger partial charge on any atom is 0.345 e. The van der Waals surface area contributed by atoms with E-state index in [4.69, 9.17) is 24.7 Å². The van der Waals surface area contributed by atoms with Crippen LogP contribution < -0.4 is 15.2 Å². The minimum Gasteiger partial charge on any atom is -0.493 e. The number of rotatable bonds is 10. The molecular weight excluding hydrogens is 398 g/mol. The van der Waals surface area contributed by atoms with Crippen molar-refractivity contribution in [3.8, 4) is 11.5 Å². The number of nitrogens with two attached hydrogens (primary N) is 1. The fourth-order valence-electron chi connectivity index (χ4n) is 2.77. The van der Waals surface area contributed by atoms with Gasteiger partial charge in [0.25, 0.3) is 0 Å². The van der Waals surface area contributed by atoms with E-state index in [-0.39, 0.29) is 12.2 Å². The Morgan fingerprint density at radius 2 is 1.61 bits per heavy atom. The van der Waals surface area contributed by atoms with Gasteiger partial charge in [0.05, 0.1) is 13.7 Å². The molecule has 0 bridgehead atoms. The lowest BCUT2D eigenvalue weighted by Gasteiger charge is -2.22. The number of ether oxygens (including phenoxy) is 4. The average Bonchev–Trinajstić information content (AvgIpc) is 2.74. The number of carbonyl (C=O) groups excluding carboxylic acids is 2. The summed E-state index contributed by atoms with van der Waals surface area (Å²) < 4.78 is 21.8. The van der Waals surface area contributed by atoms with Crippen LogP contribution in [-0.2, 0) is 20.9 Å². The molecule has 1 unspecified atom stereocenters. The van der Waals surface area contributed by atoms with E-state index in [1.165, 1.54) is 7.11 Å². The van der Waals surface area contributed by atoms with Crippen LogP contribution in [0.4, 0.5) is 0 Å². The van der Waals surface area contributed by atoms with Crippen molar-refractivity contribution >= 4 is 11.9 Å². The Kier molecular flexibility index (Phi) is 8.88. The molecule has 7 nitrogen and oxygen atoms in total. The number of methoxy groups -OCH3 is 1. The molecule has 0 fully saturated rings. The normalized spacial score (nSPS) is 12.0. The molecule has 0 aliphatic rings. The second kappa shape index (κ2) is 11.4. The highest BCUT2D eigenvalue weighted by atomic mass is 16.6. The Labute approximate surface area is 183 Å². The first-order valence-electron chi connectivity index (χ1n) is 10.2. The molecule has 0 saturated heterocycles. The Morgan fingerprint density at radius 1 is 0.968 bits per heavy atom. The lowest BCUT2D eigenvalue weighted by Crippen LogP contribution is -2.37. The molecule has 0 spiro atoms. The minimum absolute atomic E-state index is 0.220. The predicted molar refractivity (Wildman–Crippen MR) is 117 cm³/mol. The fraction of sp³-hybridized carbons (Fsp3) is 0.417. The van der Waals surface area contributed by atoms with Crippen molar-refractivity contribution in [3.63, 3.8) is 0 Å². The summed E-state index contributed by atoms with van der Waals surface area (Å²) in [6, 6.07) is 14.0. The van der Waals surface area contributed by atoms with Gasteiger partial charge in [-0.05, 0) is 51.3 Å². The van der Waals surface area contributed by atoms with Gasteiger partial charge in [-0.25, -0.2) is 4.79 Å². The number of hydrogen-bond donors (Lipinski definition) is 1. The zero-order chi connectivity index (χ0) is 22.9. The molecule has 0 aliphatic heterocycles. The smallest absolute Gasteiger partial charge is 0.345 e. The van der Waals surface area contributed by atoms with Gasteiger partial charge < -0.3 is 24.7 Å². The van der Waals surface area contributed by atoms with Crippen molar-refractivity contribution in [1.82, 2.24) is 0 Å². The van der Waals surface area contributed by atoms with E-state index in [2.05, 4.69) is 0 Å². The van der Waals surface area contributed by atoms with Gasteiger partial charge in [-0.1, -0.05) is 36.4 Å². The van der Waals surface area contributed by atoms with E-state index in [9.17, 15) is 9.59 Å². The van der Waals surface area contributed by atoms with E-state index in [1.807, 2.05) is 30.3 Å². The van der Waals surface area contributed by atoms with E-state index in [0.29, 0.717) is 30.9 Å². The van der Waals surface area contributed by atoms with Crippen molar-refractivity contribution in [2.45, 2.75) is 51.9 Å². The third-order valence-electron chi connectivity index (χ3n) is 4.24. The summed E-state index contributed by atoms with van der Waals surface area (Å²) in [5, 5.41) is 0. The molecule has 7 heteroatoms. The van der Waals surface area contributed by atoms with Crippen LogP contribution in [0.1, 0.15) is 49.5 Å². The first-order valence-corrected chi connectivity index (χ1v) is 10.2. The Bertz CT molecular complexity index is 860. The van der Waals surface area contributed by atoms with Crippen LogP contribution in [-0.4, -0.2) is 37.3 Å². The highest BCUT2D eigenvalue weighted by Crippen LogP contribution is 2.30. The molecule has 2 rings (SSSR count). The molecule has 0 amide bonds. The highest BCUT2D eigenvalue weighted by molar-refractivity contribution is 5.95. The van der Waals surface area contributed by atoms with Crippen LogP contribution in [0, 0.1) is 0 Å². The van der Waals surface area contributed by atoms with Gasteiger partial charge in [0.2, 0.25) is 0 Å². The lowest BCUT2D eigenvalue weighted by atomic mass is 10.1. The SMILES string of the molecule is COC(=O)c1c(OCCCC(N)C(=O)OC(C)(C)C)cccc1OCc1ccccc1. The molecular formula is C24H31NO6. The van der Waals surface area contributed by atoms with Crippen LogP contribution >= 0.6 is 0 Å². The standard InChI is InChI=1S/C24H31NO6/c1-24(2,3)31-22(26)18(25)12-9-15-29-19-13-8-14-20(21(19)23(27)28-4)30-16-17-10-6-5-7-11-17/h5-8,10-11,13-14,18H,9,12,15-16,25H2,1-4H3. The van der Waals surface area contributed by atoms with Gasteiger partial charge in [-0.15, -0.1) is 0 Å². The van der Waals surface area contributed by atoms with E-state index < -0.39 is 23.6 Å². The molecule has 168 valence electrons. The molecule has 0 aromatic heterocycles. The van der Waals surface area contributed by atoms with Crippen molar-refractivity contribution < 1.29 is 28.5 Å². The topological polar surface area (TPSA) is 97.1 Å². The third-order valence-corrected chi connectivity index (χ3v) is 4.24. The number of carbonyl (C=O) groups is 2. The van der Waals surface area contributed by atoms with E-state index >= 15 is 0 Å². The van der Waals surface area contributed by atoms with Crippen molar-refractivity contribution in [2.24, 2.45) is 5.73 Å². The van der Waals surface area contributed by atoms with Crippen molar-refractivity contribution in [2.75, 3.05) is 13.7 Å². The highest BCUT2D eigenvalue weighted by Gasteiger charge is 2.23. The maximum absolute atomic E-state index is 12.4. The molecule has 0 heterocycles. The molecule has 0 saturated carbocycles. The molecule has 2 aromatic carbocycles. The van der Waals surface area contributed by atoms with Gasteiger partial charge in [0.15, 0.2) is 0 Å². The molecule has 1 atom stereocenters. The van der Waals surface area contributed by atoms with Crippen molar-refractivity contribution in [1.29, 1.82) is 0 Å². The molecule has 2 N–H and O–H groups in total.